The lowest BCUT2D eigenvalue weighted by Gasteiger charge is -2.28. The maximum absolute atomic E-state index is 9.41. The number of nitrogens with zero attached hydrogens (tertiary/aromatic N) is 2. The van der Waals surface area contributed by atoms with Gasteiger partial charge in [0.1, 0.15) is 0 Å². The number of unbranched alkanes of at least 4 members (excludes halogenated alkanes) is 1. The van der Waals surface area contributed by atoms with Crippen molar-refractivity contribution in [2.24, 2.45) is 0 Å². The van der Waals surface area contributed by atoms with Gasteiger partial charge in [0.15, 0.2) is 5.13 Å². The Morgan fingerprint density at radius 2 is 2.16 bits per heavy atom. The normalized spacial score (nSPS) is 12.7. The summed E-state index contributed by atoms with van der Waals surface area (Å²) in [6.45, 7) is 8.15. The highest BCUT2D eigenvalue weighted by Gasteiger charge is 2.19. The molecule has 0 aromatic carbocycles. The number of aliphatic hydroxyl groups excluding tert-OH is 1. The Kier molecular flexibility index (Phi) is 7.34. The van der Waals surface area contributed by atoms with Crippen molar-refractivity contribution in [1.29, 1.82) is 0 Å². The van der Waals surface area contributed by atoms with E-state index >= 15 is 0 Å². The van der Waals surface area contributed by atoms with Gasteiger partial charge in [0.25, 0.3) is 0 Å². The number of ether oxygens (including phenoxy) is 1. The van der Waals surface area contributed by atoms with E-state index in [4.69, 9.17) is 4.74 Å². The van der Waals surface area contributed by atoms with Gasteiger partial charge < -0.3 is 14.7 Å². The van der Waals surface area contributed by atoms with Crippen molar-refractivity contribution in [3.8, 4) is 0 Å². The smallest absolute Gasteiger partial charge is 0.186 e. The van der Waals surface area contributed by atoms with Gasteiger partial charge in [-0.3, -0.25) is 0 Å². The highest BCUT2D eigenvalue weighted by molar-refractivity contribution is 7.15. The van der Waals surface area contributed by atoms with Gasteiger partial charge in [0.2, 0.25) is 0 Å². The molecule has 4 nitrogen and oxygen atoms in total. The molecule has 19 heavy (non-hydrogen) atoms. The largest absolute Gasteiger partial charge is 0.391 e. The zero-order valence-electron chi connectivity index (χ0n) is 12.5. The van der Waals surface area contributed by atoms with Gasteiger partial charge in [-0.25, -0.2) is 4.98 Å². The lowest BCUT2D eigenvalue weighted by atomic mass is 10.2. The third-order valence-corrected chi connectivity index (χ3v) is 4.43. The molecule has 110 valence electrons. The van der Waals surface area contributed by atoms with E-state index in [9.17, 15) is 5.11 Å². The molecule has 1 heterocycles. The zero-order valence-corrected chi connectivity index (χ0v) is 13.3. The third kappa shape index (κ3) is 4.44. The van der Waals surface area contributed by atoms with Gasteiger partial charge >= 0.3 is 0 Å². The molecule has 0 aliphatic rings. The standard InChI is InChI=1S/C14H26N2O2S/c1-5-7-8-16(11(3)6-2)14-15-12(10-18-4)13(9-17)19-14/h11,17H,5-10H2,1-4H3. The fourth-order valence-corrected chi connectivity index (χ4v) is 2.97. The number of hydrogen-bond donors (Lipinski definition) is 1. The van der Waals surface area contributed by atoms with Crippen LogP contribution in [0.3, 0.4) is 0 Å². The molecule has 0 amide bonds. The first-order valence-electron chi connectivity index (χ1n) is 7.02. The number of hydrogen-bond acceptors (Lipinski definition) is 5. The van der Waals surface area contributed by atoms with Crippen LogP contribution < -0.4 is 4.90 Å². The van der Waals surface area contributed by atoms with E-state index in [0.717, 1.165) is 35.1 Å². The maximum Gasteiger partial charge on any atom is 0.186 e. The molecule has 0 saturated carbocycles. The maximum atomic E-state index is 9.41. The fourth-order valence-electron chi connectivity index (χ4n) is 1.92. The molecule has 1 aromatic heterocycles. The van der Waals surface area contributed by atoms with E-state index in [2.05, 4.69) is 30.7 Å². The molecular weight excluding hydrogens is 260 g/mol. The van der Waals surface area contributed by atoms with E-state index in [1.807, 2.05) is 0 Å². The number of thiazole rings is 1. The summed E-state index contributed by atoms with van der Waals surface area (Å²) in [4.78, 5) is 7.92. The van der Waals surface area contributed by atoms with Gasteiger partial charge in [0.05, 0.1) is 23.8 Å². The fraction of sp³-hybridized carbons (Fsp3) is 0.786. The summed E-state index contributed by atoms with van der Waals surface area (Å²) >= 11 is 1.59. The van der Waals surface area contributed by atoms with Crippen LogP contribution in [-0.4, -0.2) is 29.8 Å². The number of anilines is 1. The van der Waals surface area contributed by atoms with Crippen LogP contribution in [-0.2, 0) is 18.0 Å². The second kappa shape index (κ2) is 8.51. The molecule has 1 rings (SSSR count). The van der Waals surface area contributed by atoms with Crippen LogP contribution in [0, 0.1) is 0 Å². The molecule has 0 fully saturated rings. The van der Waals surface area contributed by atoms with Crippen LogP contribution in [0.1, 0.15) is 50.6 Å². The monoisotopic (exact) mass is 286 g/mol. The van der Waals surface area contributed by atoms with Crippen molar-refractivity contribution in [3.05, 3.63) is 10.6 Å². The minimum absolute atomic E-state index is 0.0402. The summed E-state index contributed by atoms with van der Waals surface area (Å²) in [7, 11) is 1.66. The number of methoxy groups -OCH3 is 1. The quantitative estimate of drug-likeness (QED) is 0.757. The molecule has 1 N–H and O–H groups in total. The van der Waals surface area contributed by atoms with Crippen molar-refractivity contribution in [1.82, 2.24) is 4.98 Å². The predicted octanol–water partition coefficient (Wildman–Crippen LogP) is 3.19. The van der Waals surface area contributed by atoms with Gasteiger partial charge in [-0.05, 0) is 19.8 Å². The molecule has 0 radical (unpaired) electrons. The minimum atomic E-state index is 0.0402. The lowest BCUT2D eigenvalue weighted by Crippen LogP contribution is -2.33. The molecular formula is C14H26N2O2S. The summed E-state index contributed by atoms with van der Waals surface area (Å²) in [6.07, 6.45) is 3.44. The summed E-state index contributed by atoms with van der Waals surface area (Å²) < 4.78 is 5.15. The van der Waals surface area contributed by atoms with Gasteiger partial charge in [-0.2, -0.15) is 0 Å². The average molecular weight is 286 g/mol. The molecule has 0 bridgehead atoms. The molecule has 0 spiro atoms. The van der Waals surface area contributed by atoms with Gasteiger partial charge in [-0.15, -0.1) is 0 Å². The van der Waals surface area contributed by atoms with Gasteiger partial charge in [-0.1, -0.05) is 31.6 Å². The first-order chi connectivity index (χ1) is 9.17. The molecule has 1 aromatic rings. The number of rotatable bonds is 9. The number of aromatic nitrogens is 1. The van der Waals surface area contributed by atoms with Crippen LogP contribution in [0.15, 0.2) is 0 Å². The summed E-state index contributed by atoms with van der Waals surface area (Å²) in [5, 5.41) is 10.4. The predicted molar refractivity (Wildman–Crippen MR) is 80.8 cm³/mol. The Bertz CT molecular complexity index is 368. The molecule has 5 heteroatoms. The average Bonchev–Trinajstić information content (AvgIpc) is 2.82. The van der Waals surface area contributed by atoms with Crippen molar-refractivity contribution < 1.29 is 9.84 Å². The molecule has 0 aliphatic carbocycles. The second-order valence-electron chi connectivity index (χ2n) is 4.76. The molecule has 1 atom stereocenters. The molecule has 0 aliphatic heterocycles. The zero-order chi connectivity index (χ0) is 14.3. The van der Waals surface area contributed by atoms with Crippen LogP contribution in [0.5, 0.6) is 0 Å². The lowest BCUT2D eigenvalue weighted by molar-refractivity contribution is 0.179. The summed E-state index contributed by atoms with van der Waals surface area (Å²) in [5.74, 6) is 0. The van der Waals surface area contributed by atoms with Crippen LogP contribution >= 0.6 is 11.3 Å². The van der Waals surface area contributed by atoms with E-state index < -0.39 is 0 Å². The number of aliphatic hydroxyl groups is 1. The Hall–Kier alpha value is -0.650. The van der Waals surface area contributed by atoms with Crippen LogP contribution in [0.4, 0.5) is 5.13 Å². The third-order valence-electron chi connectivity index (χ3n) is 3.31. The molecule has 0 saturated heterocycles. The Labute approximate surface area is 120 Å². The van der Waals surface area contributed by atoms with Crippen LogP contribution in [0.2, 0.25) is 0 Å². The van der Waals surface area contributed by atoms with Gasteiger partial charge in [0, 0.05) is 19.7 Å². The topological polar surface area (TPSA) is 45.6 Å². The molecule has 1 unspecified atom stereocenters. The SMILES string of the molecule is CCCCN(c1nc(COC)c(CO)s1)C(C)CC. The van der Waals surface area contributed by atoms with E-state index in [1.165, 1.54) is 6.42 Å². The highest BCUT2D eigenvalue weighted by atomic mass is 32.1. The summed E-state index contributed by atoms with van der Waals surface area (Å²) in [6, 6.07) is 0.472. The first-order valence-corrected chi connectivity index (χ1v) is 7.84. The minimum Gasteiger partial charge on any atom is -0.391 e. The second-order valence-corrected chi connectivity index (χ2v) is 5.82. The Morgan fingerprint density at radius 1 is 1.42 bits per heavy atom. The highest BCUT2D eigenvalue weighted by Crippen LogP contribution is 2.29. The Balaban J connectivity index is 2.94. The van der Waals surface area contributed by atoms with E-state index in [0.29, 0.717) is 12.6 Å². The van der Waals surface area contributed by atoms with E-state index in [-0.39, 0.29) is 6.61 Å². The summed E-state index contributed by atoms with van der Waals surface area (Å²) in [5.41, 5.74) is 0.870. The van der Waals surface area contributed by atoms with Crippen molar-refractivity contribution in [2.45, 2.75) is 59.3 Å². The van der Waals surface area contributed by atoms with Crippen molar-refractivity contribution in [2.75, 3.05) is 18.6 Å². The Morgan fingerprint density at radius 3 is 2.68 bits per heavy atom. The van der Waals surface area contributed by atoms with Crippen LogP contribution in [0.25, 0.3) is 0 Å². The van der Waals surface area contributed by atoms with Crippen molar-refractivity contribution in [3.63, 3.8) is 0 Å². The first kappa shape index (κ1) is 16.4. The van der Waals surface area contributed by atoms with E-state index in [1.54, 1.807) is 18.4 Å². The van der Waals surface area contributed by atoms with Crippen molar-refractivity contribution >= 4 is 16.5 Å².